The molecule has 1 atom stereocenters. The lowest BCUT2D eigenvalue weighted by molar-refractivity contribution is -0.123. The number of phenolic OH excluding ortho intramolecular Hbond substituents is 1. The summed E-state index contributed by atoms with van der Waals surface area (Å²) < 4.78 is 2.04. The number of rotatable bonds is 11. The first-order valence-electron chi connectivity index (χ1n) is 16.1. The van der Waals surface area contributed by atoms with Crippen molar-refractivity contribution in [2.24, 2.45) is 17.1 Å². The molecular weight excluding hydrogens is 540 g/mol. The zero-order valence-electron chi connectivity index (χ0n) is 26.9. The predicted molar refractivity (Wildman–Crippen MR) is 177 cm³/mol. The smallest absolute Gasteiger partial charge is 0.234 e. The van der Waals surface area contributed by atoms with Crippen molar-refractivity contribution in [2.75, 3.05) is 56.9 Å². The molecule has 1 amide bonds. The number of amides is 1. The van der Waals surface area contributed by atoms with Gasteiger partial charge in [0.05, 0.1) is 18.3 Å². The molecule has 4 rings (SSSR count). The summed E-state index contributed by atoms with van der Waals surface area (Å²) in [5.74, 6) is 1.62. The number of benzene rings is 1. The predicted octanol–water partition coefficient (Wildman–Crippen LogP) is 4.35. The first-order valence-corrected chi connectivity index (χ1v) is 16.1. The Morgan fingerprint density at radius 2 is 1.77 bits per heavy atom. The molecule has 238 valence electrons. The minimum Gasteiger partial charge on any atom is -0.507 e. The number of nitrogens with zero attached hydrogens (tertiary/aromatic N) is 4. The van der Waals surface area contributed by atoms with E-state index in [0.717, 1.165) is 77.1 Å². The maximum atomic E-state index is 12.6. The van der Waals surface area contributed by atoms with Crippen molar-refractivity contribution in [3.05, 3.63) is 35.5 Å². The number of hydrogen-bond donors (Lipinski definition) is 5. The maximum Gasteiger partial charge on any atom is 0.234 e. The summed E-state index contributed by atoms with van der Waals surface area (Å²) in [5.41, 5.74) is 15.5. The summed E-state index contributed by atoms with van der Waals surface area (Å²) in [4.78, 5) is 17.4. The van der Waals surface area contributed by atoms with Gasteiger partial charge in [-0.05, 0) is 81.7 Å². The fraction of sp³-hybridized carbons (Fsp3) is 0.636. The second-order valence-corrected chi connectivity index (χ2v) is 13.5. The Balaban J connectivity index is 1.32. The molecule has 1 aromatic heterocycles. The van der Waals surface area contributed by atoms with Gasteiger partial charge in [0.2, 0.25) is 5.91 Å². The molecule has 0 radical (unpaired) electrons. The van der Waals surface area contributed by atoms with Crippen molar-refractivity contribution in [3.63, 3.8) is 0 Å². The lowest BCUT2D eigenvalue weighted by Gasteiger charge is -2.38. The number of anilines is 2. The Morgan fingerprint density at radius 1 is 1.12 bits per heavy atom. The summed E-state index contributed by atoms with van der Waals surface area (Å²) in [6.07, 6.45) is 7.04. The average molecular weight is 595 g/mol. The SMILES string of the molecule is CCCNc1nn(C2CCN(CC3CCN(CC(=O)NC(C)C(C)(C)C)CC3)CC2)c(/C=C(\N)c2ccccc2O)c1N. The Morgan fingerprint density at radius 3 is 2.40 bits per heavy atom. The van der Waals surface area contributed by atoms with Crippen LogP contribution < -0.4 is 22.1 Å². The van der Waals surface area contributed by atoms with E-state index in [0.29, 0.717) is 35.2 Å². The summed E-state index contributed by atoms with van der Waals surface area (Å²) >= 11 is 0. The van der Waals surface area contributed by atoms with E-state index >= 15 is 0 Å². The summed E-state index contributed by atoms with van der Waals surface area (Å²) in [7, 11) is 0. The molecule has 1 unspecified atom stereocenters. The van der Waals surface area contributed by atoms with E-state index in [1.54, 1.807) is 18.2 Å². The highest BCUT2D eigenvalue weighted by atomic mass is 16.3. The van der Waals surface area contributed by atoms with Crippen molar-refractivity contribution >= 4 is 29.2 Å². The number of nitrogen functional groups attached to an aromatic ring is 1. The standard InChI is InChI=1S/C33H54N8O2/c1-6-15-36-32-31(35)28(20-27(34)26-9-7-8-10-29(26)42)41(38-32)25-13-18-39(19-14-25)21-24-11-16-40(17-12-24)22-30(43)37-23(2)33(3,4)5/h7-10,20,23-25,42H,6,11-19,21-22,34-35H2,1-5H3,(H,36,38)(H,37,43)/b27-20-. The third-order valence-electron chi connectivity index (χ3n) is 9.21. The van der Waals surface area contributed by atoms with Crippen LogP contribution in [-0.2, 0) is 4.79 Å². The van der Waals surface area contributed by atoms with Crippen LogP contribution in [0.3, 0.4) is 0 Å². The van der Waals surface area contributed by atoms with Crippen LogP contribution in [0.4, 0.5) is 11.5 Å². The lowest BCUT2D eigenvalue weighted by Crippen LogP contribution is -2.48. The topological polar surface area (TPSA) is 138 Å². The van der Waals surface area contributed by atoms with Crippen LogP contribution in [0.5, 0.6) is 5.75 Å². The number of nitrogens with two attached hydrogens (primary N) is 2. The highest BCUT2D eigenvalue weighted by Crippen LogP contribution is 2.34. The van der Waals surface area contributed by atoms with E-state index in [4.69, 9.17) is 16.6 Å². The van der Waals surface area contributed by atoms with Crippen molar-refractivity contribution in [3.8, 4) is 5.75 Å². The number of phenols is 1. The van der Waals surface area contributed by atoms with E-state index in [-0.39, 0.29) is 29.2 Å². The molecule has 2 aliphatic heterocycles. The van der Waals surface area contributed by atoms with E-state index in [9.17, 15) is 9.90 Å². The quantitative estimate of drug-likeness (QED) is 0.259. The molecule has 43 heavy (non-hydrogen) atoms. The van der Waals surface area contributed by atoms with Gasteiger partial charge < -0.3 is 32.1 Å². The number of carbonyl (C=O) groups excluding carboxylic acids is 1. The van der Waals surface area contributed by atoms with Gasteiger partial charge in [0.25, 0.3) is 0 Å². The molecule has 0 spiro atoms. The summed E-state index contributed by atoms with van der Waals surface area (Å²) in [6.45, 7) is 17.0. The summed E-state index contributed by atoms with van der Waals surface area (Å²) in [6, 6.07) is 7.45. The van der Waals surface area contributed by atoms with E-state index in [1.165, 1.54) is 0 Å². The van der Waals surface area contributed by atoms with Crippen LogP contribution in [0.1, 0.15) is 84.0 Å². The highest BCUT2D eigenvalue weighted by Gasteiger charge is 2.29. The van der Waals surface area contributed by atoms with Gasteiger partial charge in [0.15, 0.2) is 5.82 Å². The number of aromatic nitrogens is 2. The molecule has 1 aromatic carbocycles. The maximum absolute atomic E-state index is 12.6. The van der Waals surface area contributed by atoms with E-state index in [1.807, 2.05) is 16.8 Å². The van der Waals surface area contributed by atoms with Crippen LogP contribution in [0.2, 0.25) is 0 Å². The number of hydrogen-bond acceptors (Lipinski definition) is 8. The van der Waals surface area contributed by atoms with Crippen LogP contribution in [0.15, 0.2) is 24.3 Å². The molecule has 2 fully saturated rings. The molecular formula is C33H54N8O2. The second-order valence-electron chi connectivity index (χ2n) is 13.5. The molecule has 2 aliphatic rings. The zero-order chi connectivity index (χ0) is 31.1. The highest BCUT2D eigenvalue weighted by molar-refractivity contribution is 5.86. The first-order chi connectivity index (χ1) is 20.5. The molecule has 2 aromatic rings. The summed E-state index contributed by atoms with van der Waals surface area (Å²) in [5, 5.41) is 21.8. The van der Waals surface area contributed by atoms with Crippen molar-refractivity contribution < 1.29 is 9.90 Å². The minimum atomic E-state index is 0.0616. The molecule has 2 saturated heterocycles. The van der Waals surface area contributed by atoms with E-state index < -0.39 is 0 Å². The van der Waals surface area contributed by atoms with Crippen LogP contribution in [0, 0.1) is 11.3 Å². The fourth-order valence-electron chi connectivity index (χ4n) is 5.94. The van der Waals surface area contributed by atoms with Crippen molar-refractivity contribution in [1.29, 1.82) is 0 Å². The minimum absolute atomic E-state index is 0.0616. The number of aromatic hydroxyl groups is 1. The van der Waals surface area contributed by atoms with Crippen molar-refractivity contribution in [2.45, 2.75) is 78.8 Å². The Kier molecular flexibility index (Phi) is 11.0. The third kappa shape index (κ3) is 8.66. The fourth-order valence-corrected chi connectivity index (χ4v) is 5.94. The van der Waals surface area contributed by atoms with Gasteiger partial charge in [0.1, 0.15) is 11.4 Å². The first kappa shape index (κ1) is 32.7. The van der Waals surface area contributed by atoms with Crippen molar-refractivity contribution in [1.82, 2.24) is 24.9 Å². The molecule has 0 aliphatic carbocycles. The molecule has 10 nitrogen and oxygen atoms in total. The third-order valence-corrected chi connectivity index (χ3v) is 9.21. The number of piperidine rings is 2. The molecule has 7 N–H and O–H groups in total. The van der Waals surface area contributed by atoms with Crippen LogP contribution in [0.25, 0.3) is 11.8 Å². The van der Waals surface area contributed by atoms with Crippen LogP contribution >= 0.6 is 0 Å². The van der Waals surface area contributed by atoms with E-state index in [2.05, 4.69) is 55.1 Å². The van der Waals surface area contributed by atoms with Gasteiger partial charge in [-0.15, -0.1) is 0 Å². The lowest BCUT2D eigenvalue weighted by atomic mass is 9.88. The van der Waals surface area contributed by atoms with Gasteiger partial charge in [-0.3, -0.25) is 14.4 Å². The normalized spacial score (nSPS) is 19.0. The average Bonchev–Trinajstić information content (AvgIpc) is 3.27. The van der Waals surface area contributed by atoms with Gasteiger partial charge in [-0.2, -0.15) is 5.10 Å². The number of likely N-dealkylation sites (tertiary alicyclic amines) is 2. The number of nitrogens with one attached hydrogen (secondary N) is 2. The largest absolute Gasteiger partial charge is 0.507 e. The van der Waals surface area contributed by atoms with Gasteiger partial charge in [0, 0.05) is 43.5 Å². The van der Waals surface area contributed by atoms with Crippen LogP contribution in [-0.4, -0.2) is 82.4 Å². The number of para-hydroxylation sites is 1. The Hall–Kier alpha value is -3.24. The molecule has 10 heteroatoms. The molecule has 0 saturated carbocycles. The number of carbonyl (C=O) groups is 1. The Bertz CT molecular complexity index is 1230. The van der Waals surface area contributed by atoms with Gasteiger partial charge in [-0.1, -0.05) is 39.8 Å². The monoisotopic (exact) mass is 594 g/mol. The van der Waals surface area contributed by atoms with Gasteiger partial charge in [-0.25, -0.2) is 0 Å². The Labute approximate surface area is 257 Å². The molecule has 0 bridgehead atoms. The molecule has 3 heterocycles. The van der Waals surface area contributed by atoms with Gasteiger partial charge >= 0.3 is 0 Å². The second kappa shape index (κ2) is 14.5. The zero-order valence-corrected chi connectivity index (χ0v) is 26.9.